The molecule has 0 bridgehead atoms. The molecular formula is C44H31N3O2. The Morgan fingerprint density at radius 1 is 0.633 bits per heavy atom. The van der Waals surface area contributed by atoms with E-state index in [0.717, 1.165) is 116 Å². The van der Waals surface area contributed by atoms with E-state index < -0.39 is 0 Å². The Morgan fingerprint density at radius 3 is 2.12 bits per heavy atom. The van der Waals surface area contributed by atoms with Crippen LogP contribution >= 0.6 is 0 Å². The van der Waals surface area contributed by atoms with Crippen LogP contribution in [0.25, 0.3) is 72.4 Å². The molecule has 0 fully saturated rings. The Morgan fingerprint density at radius 2 is 1.35 bits per heavy atom. The predicted molar refractivity (Wildman–Crippen MR) is 196 cm³/mol. The van der Waals surface area contributed by atoms with Gasteiger partial charge in [-0.25, -0.2) is 0 Å². The minimum absolute atomic E-state index is 0.645. The van der Waals surface area contributed by atoms with Gasteiger partial charge < -0.3 is 13.4 Å². The van der Waals surface area contributed by atoms with E-state index in [2.05, 4.69) is 71.3 Å². The number of nitrogens with zero attached hydrogens (tertiary/aromatic N) is 3. The molecule has 3 aliphatic rings. The van der Waals surface area contributed by atoms with Crippen LogP contribution in [0.5, 0.6) is 0 Å². The summed E-state index contributed by atoms with van der Waals surface area (Å²) in [5.74, 6) is 0. The fourth-order valence-corrected chi connectivity index (χ4v) is 8.59. The fraction of sp³-hybridized carbons (Fsp3) is 0.182. The molecule has 0 aliphatic heterocycles. The lowest BCUT2D eigenvalue weighted by Gasteiger charge is -2.26. The molecule has 49 heavy (non-hydrogen) atoms. The second-order valence-corrected chi connectivity index (χ2v) is 13.5. The molecule has 0 amide bonds. The first-order chi connectivity index (χ1) is 24.2. The Bertz CT molecular complexity index is 2740. The molecule has 0 N–H and O–H groups in total. The van der Waals surface area contributed by atoms with E-state index in [4.69, 9.17) is 8.83 Å². The van der Waals surface area contributed by atoms with Gasteiger partial charge >= 0.3 is 0 Å². The van der Waals surface area contributed by atoms with Crippen molar-refractivity contribution in [1.82, 2.24) is 4.57 Å². The van der Waals surface area contributed by atoms with Crippen LogP contribution in [-0.4, -0.2) is 4.57 Å². The molecule has 10 rings (SSSR count). The molecule has 5 nitrogen and oxygen atoms in total. The smallest absolute Gasteiger partial charge is 0.136 e. The van der Waals surface area contributed by atoms with Gasteiger partial charge in [0.05, 0.1) is 29.0 Å². The average Bonchev–Trinajstić information content (AvgIpc) is 3.81. The van der Waals surface area contributed by atoms with Crippen molar-refractivity contribution in [2.75, 3.05) is 0 Å². The Hall–Kier alpha value is -6.04. The molecule has 0 saturated carbocycles. The van der Waals surface area contributed by atoms with E-state index in [0.29, 0.717) is 5.56 Å². The van der Waals surface area contributed by atoms with Crippen LogP contribution in [0.2, 0.25) is 0 Å². The van der Waals surface area contributed by atoms with Gasteiger partial charge in [0.1, 0.15) is 22.3 Å². The summed E-state index contributed by atoms with van der Waals surface area (Å²) in [6, 6.07) is 29.4. The first kappa shape index (κ1) is 28.0. The summed E-state index contributed by atoms with van der Waals surface area (Å²) in [5, 5.41) is 24.2. The molecule has 0 saturated heterocycles. The van der Waals surface area contributed by atoms with Crippen molar-refractivity contribution >= 4 is 61.2 Å². The Balaban J connectivity index is 1.13. The van der Waals surface area contributed by atoms with Gasteiger partial charge in [-0.3, -0.25) is 0 Å². The number of hydrogen-bond acceptors (Lipinski definition) is 4. The maximum atomic E-state index is 10.5. The highest BCUT2D eigenvalue weighted by Gasteiger charge is 2.30. The zero-order chi connectivity index (χ0) is 32.6. The minimum atomic E-state index is 0.645. The van der Waals surface area contributed by atoms with Gasteiger partial charge in [-0.1, -0.05) is 48.6 Å². The van der Waals surface area contributed by atoms with Crippen LogP contribution in [0.4, 0.5) is 0 Å². The number of fused-ring (bicyclic) bond motifs is 9. The summed E-state index contributed by atoms with van der Waals surface area (Å²) in [4.78, 5) is 0. The van der Waals surface area contributed by atoms with Crippen LogP contribution in [0.15, 0.2) is 99.4 Å². The quantitative estimate of drug-likeness (QED) is 0.194. The van der Waals surface area contributed by atoms with E-state index in [-0.39, 0.29) is 0 Å². The largest absolute Gasteiger partial charge is 0.456 e. The molecule has 0 atom stereocenters. The standard InChI is InChI=1S/C44H31N3O2/c45-24-28-8-1-2-10-30(28)26-16-18-40-34(20-26)36-22-43-37(23-42(36)48-40)35-21-27(17-19-41(35)49-43)31-13-7-9-29(25-46)44(31)47-38-14-5-3-11-32(38)33-12-4-6-15-39(33)47/h1-3,8,10-11,13,16-23H,4-7,9,12,14-15H2. The third-order valence-corrected chi connectivity index (χ3v) is 10.8. The third-order valence-electron chi connectivity index (χ3n) is 10.8. The molecule has 5 heteroatoms. The summed E-state index contributed by atoms with van der Waals surface area (Å²) < 4.78 is 15.4. The van der Waals surface area contributed by atoms with Gasteiger partial charge in [0, 0.05) is 38.5 Å². The van der Waals surface area contributed by atoms with E-state index >= 15 is 0 Å². The van der Waals surface area contributed by atoms with E-state index in [1.165, 1.54) is 35.4 Å². The molecule has 3 heterocycles. The van der Waals surface area contributed by atoms with Gasteiger partial charge in [-0.05, 0) is 122 Å². The van der Waals surface area contributed by atoms with Crippen molar-refractivity contribution in [2.45, 2.75) is 51.4 Å². The molecule has 3 aromatic heterocycles. The van der Waals surface area contributed by atoms with Crippen molar-refractivity contribution in [2.24, 2.45) is 0 Å². The maximum Gasteiger partial charge on any atom is 0.136 e. The molecule has 4 aromatic carbocycles. The first-order valence-electron chi connectivity index (χ1n) is 17.3. The lowest BCUT2D eigenvalue weighted by molar-refractivity contribution is 0.662. The van der Waals surface area contributed by atoms with E-state index in [9.17, 15) is 10.5 Å². The van der Waals surface area contributed by atoms with Crippen molar-refractivity contribution in [3.05, 3.63) is 124 Å². The lowest BCUT2D eigenvalue weighted by atomic mass is 9.90. The summed E-state index contributed by atoms with van der Waals surface area (Å²) >= 11 is 0. The van der Waals surface area contributed by atoms with Crippen LogP contribution in [0, 0.1) is 22.7 Å². The van der Waals surface area contributed by atoms with E-state index in [1.54, 1.807) is 0 Å². The number of benzene rings is 4. The van der Waals surface area contributed by atoms with Gasteiger partial charge in [0.2, 0.25) is 0 Å². The van der Waals surface area contributed by atoms with Crippen LogP contribution in [-0.2, 0) is 19.3 Å². The maximum absolute atomic E-state index is 10.5. The predicted octanol–water partition coefficient (Wildman–Crippen LogP) is 11.3. The molecule has 7 aromatic rings. The lowest BCUT2D eigenvalue weighted by Crippen LogP contribution is -2.14. The molecule has 234 valence electrons. The van der Waals surface area contributed by atoms with Gasteiger partial charge in [-0.15, -0.1) is 0 Å². The number of allylic oxidation sites excluding steroid dienone is 5. The fourth-order valence-electron chi connectivity index (χ4n) is 8.59. The van der Waals surface area contributed by atoms with Crippen LogP contribution in [0.1, 0.15) is 65.7 Å². The van der Waals surface area contributed by atoms with E-state index in [1.807, 2.05) is 36.4 Å². The summed E-state index contributed by atoms with van der Waals surface area (Å²) in [6.45, 7) is 0. The van der Waals surface area contributed by atoms with Gasteiger partial charge in [0.15, 0.2) is 0 Å². The van der Waals surface area contributed by atoms with Crippen molar-refractivity contribution in [1.29, 1.82) is 10.5 Å². The summed E-state index contributed by atoms with van der Waals surface area (Å²) in [6.07, 6.45) is 15.2. The molecule has 0 unspecified atom stereocenters. The van der Waals surface area contributed by atoms with Crippen LogP contribution in [0.3, 0.4) is 0 Å². The average molecular weight is 634 g/mol. The second kappa shape index (κ2) is 10.7. The third kappa shape index (κ3) is 4.16. The number of nitriles is 2. The number of hydrogen-bond donors (Lipinski definition) is 0. The van der Waals surface area contributed by atoms with Crippen molar-refractivity contribution < 1.29 is 8.83 Å². The summed E-state index contributed by atoms with van der Waals surface area (Å²) in [7, 11) is 0. The highest BCUT2D eigenvalue weighted by molar-refractivity contribution is 6.16. The van der Waals surface area contributed by atoms with Gasteiger partial charge in [-0.2, -0.15) is 10.5 Å². The SMILES string of the molecule is N#CC1=C(n2c3c(c4c2CCCC4)C=CCC3)C(c2ccc3oc4cc5c(cc4c3c2)oc2ccc(-c3ccccc3C#N)cc25)=CCC1. The Labute approximate surface area is 283 Å². The van der Waals surface area contributed by atoms with Crippen molar-refractivity contribution in [3.63, 3.8) is 0 Å². The second-order valence-electron chi connectivity index (χ2n) is 13.5. The minimum Gasteiger partial charge on any atom is -0.456 e. The number of rotatable bonds is 3. The first-order valence-corrected chi connectivity index (χ1v) is 17.3. The topological polar surface area (TPSA) is 78.8 Å². The van der Waals surface area contributed by atoms with Crippen molar-refractivity contribution in [3.8, 4) is 23.3 Å². The monoisotopic (exact) mass is 633 g/mol. The number of furan rings is 2. The zero-order valence-electron chi connectivity index (χ0n) is 27.0. The molecule has 0 radical (unpaired) electrons. The normalized spacial score (nSPS) is 15.8. The highest BCUT2D eigenvalue weighted by atomic mass is 16.3. The molecular weight excluding hydrogens is 603 g/mol. The van der Waals surface area contributed by atoms with Gasteiger partial charge in [0.25, 0.3) is 0 Å². The highest BCUT2D eigenvalue weighted by Crippen LogP contribution is 2.45. The zero-order valence-corrected chi connectivity index (χ0v) is 27.0. The Kier molecular flexibility index (Phi) is 6.14. The molecule has 0 spiro atoms. The van der Waals surface area contributed by atoms with Crippen LogP contribution < -0.4 is 0 Å². The molecule has 3 aliphatic carbocycles. The summed E-state index contributed by atoms with van der Waals surface area (Å²) in [5.41, 5.74) is 15.6. The number of aromatic nitrogens is 1.